The van der Waals surface area contributed by atoms with Crippen LogP contribution in [0.25, 0.3) is 0 Å². The first-order valence-electron chi connectivity index (χ1n) is 6.84. The van der Waals surface area contributed by atoms with E-state index in [1.54, 1.807) is 0 Å². The highest BCUT2D eigenvalue weighted by Crippen LogP contribution is 2.35. The van der Waals surface area contributed by atoms with Gasteiger partial charge >= 0.3 is 11.5 Å². The molecule has 3 rings (SSSR count). The summed E-state index contributed by atoms with van der Waals surface area (Å²) in [7, 11) is 0. The molecular weight excluding hydrogens is 388 g/mol. The number of ketones is 1. The van der Waals surface area contributed by atoms with Crippen LogP contribution in [0.1, 0.15) is 29.2 Å². The van der Waals surface area contributed by atoms with Crippen LogP contribution in [0.15, 0.2) is 20.3 Å². The first-order valence-corrected chi connectivity index (χ1v) is 7.63. The van der Waals surface area contributed by atoms with Crippen molar-refractivity contribution in [1.82, 2.24) is 19.3 Å². The van der Waals surface area contributed by atoms with Crippen LogP contribution >= 0.6 is 15.9 Å². The van der Waals surface area contributed by atoms with Gasteiger partial charge in [-0.15, -0.1) is 0 Å². The lowest BCUT2D eigenvalue weighted by atomic mass is 10.2. The molecule has 2 aromatic rings. The van der Waals surface area contributed by atoms with E-state index in [0.717, 1.165) is 17.5 Å². The molecule has 1 aliphatic carbocycles. The molecule has 1 fully saturated rings. The molecule has 0 atom stereocenters. The predicted molar refractivity (Wildman–Crippen MR) is 84.9 cm³/mol. The summed E-state index contributed by atoms with van der Waals surface area (Å²) in [5, 5.41) is 14.4. The van der Waals surface area contributed by atoms with Gasteiger partial charge in [0.15, 0.2) is 5.78 Å². The van der Waals surface area contributed by atoms with E-state index in [4.69, 9.17) is 5.73 Å². The molecule has 1 saturated carbocycles. The highest BCUT2D eigenvalue weighted by molar-refractivity contribution is 9.10. The maximum absolute atomic E-state index is 12.4. The molecule has 24 heavy (non-hydrogen) atoms. The van der Waals surface area contributed by atoms with Crippen molar-refractivity contribution in [1.29, 1.82) is 0 Å². The number of aromatic nitrogens is 4. The minimum Gasteiger partial charge on any atom is -0.384 e. The highest BCUT2D eigenvalue weighted by Gasteiger charge is 2.30. The number of nitrogens with zero attached hydrogens (tertiary/aromatic N) is 4. The molecule has 0 aliphatic heterocycles. The Bertz CT molecular complexity index is 969. The van der Waals surface area contributed by atoms with Crippen LogP contribution in [0.4, 0.5) is 11.6 Å². The van der Waals surface area contributed by atoms with Gasteiger partial charge in [-0.25, -0.2) is 4.79 Å². The van der Waals surface area contributed by atoms with Gasteiger partial charge in [0.05, 0.1) is 11.3 Å². The summed E-state index contributed by atoms with van der Waals surface area (Å²) >= 11 is 2.97. The minimum atomic E-state index is -0.889. The number of hydrogen-bond acceptors (Lipinski definition) is 7. The molecule has 0 bridgehead atoms. The number of H-pyrrole nitrogens is 1. The molecule has 0 radical (unpaired) electrons. The summed E-state index contributed by atoms with van der Waals surface area (Å²) in [6, 6.07) is -0.124. The number of carbonyl (C=O) groups is 1. The largest absolute Gasteiger partial charge is 0.404 e. The minimum absolute atomic E-state index is 0.102. The Balaban J connectivity index is 1.97. The van der Waals surface area contributed by atoms with Gasteiger partial charge in [-0.05, 0) is 33.7 Å². The van der Waals surface area contributed by atoms with Gasteiger partial charge in [0.25, 0.3) is 5.56 Å². The van der Waals surface area contributed by atoms with Crippen LogP contribution in [0.2, 0.25) is 0 Å². The van der Waals surface area contributed by atoms with Gasteiger partial charge < -0.3 is 15.8 Å². The fraction of sp³-hybridized carbons (Fsp3) is 0.333. The number of nitrogen functional groups attached to an aromatic ring is 1. The van der Waals surface area contributed by atoms with Gasteiger partial charge in [0, 0.05) is 6.04 Å². The smallest absolute Gasteiger partial charge is 0.384 e. The van der Waals surface area contributed by atoms with E-state index in [1.807, 2.05) is 0 Å². The molecule has 0 unspecified atom stereocenters. The van der Waals surface area contributed by atoms with Gasteiger partial charge in [-0.2, -0.15) is 4.68 Å². The topological polar surface area (TPSA) is 159 Å². The Kier molecular flexibility index (Phi) is 3.83. The second-order valence-electron chi connectivity index (χ2n) is 5.30. The number of hydrogen-bond donors (Lipinski definition) is 2. The van der Waals surface area contributed by atoms with E-state index in [0.29, 0.717) is 0 Å². The summed E-state index contributed by atoms with van der Waals surface area (Å²) in [6.07, 6.45) is 2.72. The number of aromatic amines is 1. The van der Waals surface area contributed by atoms with Crippen molar-refractivity contribution in [2.24, 2.45) is 0 Å². The standard InChI is InChI=1S/C12H11BrN6O5/c13-6-3-17(16-10(6)19(23)24)4-7(20)8-9(14)18(5-1-2-5)12(22)15-11(8)21/h3,5H,1-2,4,14H2,(H,15,21,22). The summed E-state index contributed by atoms with van der Waals surface area (Å²) in [4.78, 5) is 48.3. The van der Waals surface area contributed by atoms with Crippen molar-refractivity contribution in [2.75, 3.05) is 5.73 Å². The zero-order chi connectivity index (χ0) is 17.6. The van der Waals surface area contributed by atoms with E-state index < -0.39 is 34.3 Å². The predicted octanol–water partition coefficient (Wildman–Crippen LogP) is 0.204. The third-order valence-corrected chi connectivity index (χ3v) is 4.11. The first-order chi connectivity index (χ1) is 11.3. The fourth-order valence-electron chi connectivity index (χ4n) is 2.35. The monoisotopic (exact) mass is 398 g/mol. The van der Waals surface area contributed by atoms with Crippen LogP contribution in [-0.4, -0.2) is 30.0 Å². The number of halogens is 1. The molecule has 0 amide bonds. The third kappa shape index (κ3) is 2.75. The van der Waals surface area contributed by atoms with Crippen LogP contribution in [-0.2, 0) is 6.54 Å². The summed E-state index contributed by atoms with van der Waals surface area (Å²) in [5.74, 6) is -1.35. The van der Waals surface area contributed by atoms with Gasteiger partial charge in [0.2, 0.25) is 0 Å². The van der Waals surface area contributed by atoms with Crippen LogP contribution in [0.5, 0.6) is 0 Å². The normalized spacial score (nSPS) is 13.9. The molecule has 3 N–H and O–H groups in total. The lowest BCUT2D eigenvalue weighted by Gasteiger charge is -2.10. The zero-order valence-corrected chi connectivity index (χ0v) is 13.6. The molecule has 126 valence electrons. The number of rotatable bonds is 5. The molecular formula is C12H11BrN6O5. The van der Waals surface area contributed by atoms with Gasteiger partial charge in [-0.1, -0.05) is 0 Å². The average molecular weight is 399 g/mol. The molecule has 0 aromatic carbocycles. The summed E-state index contributed by atoms with van der Waals surface area (Å²) in [6.45, 7) is -0.428. The highest BCUT2D eigenvalue weighted by atomic mass is 79.9. The van der Waals surface area contributed by atoms with E-state index in [9.17, 15) is 24.5 Å². The van der Waals surface area contributed by atoms with Gasteiger partial charge in [-0.3, -0.25) is 19.1 Å². The maximum atomic E-state index is 12.4. The lowest BCUT2D eigenvalue weighted by molar-refractivity contribution is -0.390. The van der Waals surface area contributed by atoms with Crippen LogP contribution in [0, 0.1) is 10.1 Å². The zero-order valence-electron chi connectivity index (χ0n) is 12.1. The second-order valence-corrected chi connectivity index (χ2v) is 6.15. The van der Waals surface area contributed by atoms with Crippen molar-refractivity contribution in [3.05, 3.63) is 47.2 Å². The third-order valence-electron chi connectivity index (χ3n) is 3.55. The quantitative estimate of drug-likeness (QED) is 0.413. The molecule has 2 aromatic heterocycles. The number of Topliss-reactive ketones (excluding diaryl/α,β-unsaturated/α-hetero) is 1. The van der Waals surface area contributed by atoms with E-state index in [1.165, 1.54) is 10.8 Å². The Morgan fingerprint density at radius 1 is 1.50 bits per heavy atom. The van der Waals surface area contributed by atoms with E-state index in [-0.39, 0.29) is 21.9 Å². The Morgan fingerprint density at radius 3 is 2.71 bits per heavy atom. The summed E-state index contributed by atoms with van der Waals surface area (Å²) in [5.41, 5.74) is 3.94. The van der Waals surface area contributed by atoms with Crippen molar-refractivity contribution in [3.63, 3.8) is 0 Å². The Morgan fingerprint density at radius 2 is 2.17 bits per heavy atom. The van der Waals surface area contributed by atoms with Crippen molar-refractivity contribution in [3.8, 4) is 0 Å². The molecule has 0 spiro atoms. The molecule has 1 aliphatic rings. The first kappa shape index (κ1) is 16.1. The molecule has 2 heterocycles. The number of nitrogens with one attached hydrogen (secondary N) is 1. The average Bonchev–Trinajstić information content (AvgIpc) is 3.21. The Hall–Kier alpha value is -2.76. The van der Waals surface area contributed by atoms with Crippen LogP contribution < -0.4 is 17.0 Å². The molecule has 11 nitrogen and oxygen atoms in total. The number of anilines is 1. The van der Waals surface area contributed by atoms with Crippen molar-refractivity contribution in [2.45, 2.75) is 25.4 Å². The second kappa shape index (κ2) is 5.70. The van der Waals surface area contributed by atoms with Crippen LogP contribution in [0.3, 0.4) is 0 Å². The fourth-order valence-corrected chi connectivity index (χ4v) is 2.81. The molecule has 12 heteroatoms. The van der Waals surface area contributed by atoms with E-state index >= 15 is 0 Å². The van der Waals surface area contributed by atoms with Gasteiger partial charge in [0.1, 0.15) is 22.4 Å². The Labute approximate surface area is 141 Å². The number of nitro groups is 1. The number of nitrogens with two attached hydrogens (primary N) is 1. The maximum Gasteiger partial charge on any atom is 0.404 e. The SMILES string of the molecule is Nc1c(C(=O)Cn2cc(Br)c([N+](=O)[O-])n2)c(=O)[nH]c(=O)n1C1CC1. The summed E-state index contributed by atoms with van der Waals surface area (Å²) < 4.78 is 2.32. The lowest BCUT2D eigenvalue weighted by Crippen LogP contribution is -2.36. The van der Waals surface area contributed by atoms with Crippen molar-refractivity contribution >= 4 is 33.3 Å². The van der Waals surface area contributed by atoms with E-state index in [2.05, 4.69) is 26.0 Å². The van der Waals surface area contributed by atoms with Crippen molar-refractivity contribution < 1.29 is 9.72 Å². The molecule has 0 saturated heterocycles. The number of carbonyl (C=O) groups excluding carboxylic acids is 1.